The van der Waals surface area contributed by atoms with Gasteiger partial charge in [-0.25, -0.2) is 9.80 Å². The molecule has 1 heterocycles. The number of fused-ring (bicyclic) bond motifs is 1. The van der Waals surface area contributed by atoms with Gasteiger partial charge in [-0.3, -0.25) is 14.8 Å². The summed E-state index contributed by atoms with van der Waals surface area (Å²) < 4.78 is 6.54. The summed E-state index contributed by atoms with van der Waals surface area (Å²) in [5, 5.41) is 1.57. The highest BCUT2D eigenvalue weighted by Gasteiger charge is 2.10. The molecule has 2 rings (SSSR count). The summed E-state index contributed by atoms with van der Waals surface area (Å²) in [5.74, 6) is -0.578. The maximum Gasteiger partial charge on any atom is 0.419 e. The Kier molecular flexibility index (Phi) is 3.47. The minimum absolute atomic E-state index is 0.141. The van der Waals surface area contributed by atoms with Gasteiger partial charge in [0.15, 0.2) is 5.58 Å². The minimum atomic E-state index is -0.436. The standard InChI is InChI=1S/C12H15N3O3/c1-14(2)13-11(16)7-8-15-9-5-3-4-6-10(9)18-12(15)17/h3-6H,7-8H2,1-2H3,(H,13,16). The molecule has 0 fully saturated rings. The number of amides is 1. The van der Waals surface area contributed by atoms with Crippen LogP contribution in [0.1, 0.15) is 6.42 Å². The van der Waals surface area contributed by atoms with Gasteiger partial charge in [-0.1, -0.05) is 12.1 Å². The number of para-hydroxylation sites is 2. The zero-order chi connectivity index (χ0) is 13.1. The highest BCUT2D eigenvalue weighted by molar-refractivity contribution is 5.76. The number of aromatic nitrogens is 1. The van der Waals surface area contributed by atoms with Crippen molar-refractivity contribution in [3.63, 3.8) is 0 Å². The number of nitrogens with zero attached hydrogens (tertiary/aromatic N) is 2. The lowest BCUT2D eigenvalue weighted by atomic mass is 10.3. The van der Waals surface area contributed by atoms with Gasteiger partial charge >= 0.3 is 5.76 Å². The molecule has 1 amide bonds. The van der Waals surface area contributed by atoms with E-state index < -0.39 is 5.76 Å². The smallest absolute Gasteiger partial charge is 0.408 e. The van der Waals surface area contributed by atoms with Gasteiger partial charge < -0.3 is 4.42 Å². The van der Waals surface area contributed by atoms with Crippen LogP contribution in [0.3, 0.4) is 0 Å². The molecule has 0 bridgehead atoms. The van der Waals surface area contributed by atoms with Crippen molar-refractivity contribution in [3.05, 3.63) is 34.8 Å². The van der Waals surface area contributed by atoms with Crippen LogP contribution in [0.4, 0.5) is 0 Å². The number of hydrazine groups is 1. The molecule has 6 heteroatoms. The number of benzene rings is 1. The SMILES string of the molecule is CN(C)NC(=O)CCn1c(=O)oc2ccccc21. The Morgan fingerprint density at radius 2 is 2.11 bits per heavy atom. The van der Waals surface area contributed by atoms with Crippen molar-refractivity contribution in [2.24, 2.45) is 0 Å². The molecule has 1 aromatic heterocycles. The molecule has 1 N–H and O–H groups in total. The summed E-state index contributed by atoms with van der Waals surface area (Å²) in [5.41, 5.74) is 3.87. The van der Waals surface area contributed by atoms with Crippen molar-refractivity contribution in [1.29, 1.82) is 0 Å². The van der Waals surface area contributed by atoms with Crippen LogP contribution >= 0.6 is 0 Å². The number of rotatable bonds is 4. The Hall–Kier alpha value is -2.08. The Balaban J connectivity index is 2.15. The fourth-order valence-electron chi connectivity index (χ4n) is 1.74. The van der Waals surface area contributed by atoms with Crippen LogP contribution in [0, 0.1) is 0 Å². The second-order valence-corrected chi connectivity index (χ2v) is 4.17. The molecule has 0 saturated heterocycles. The summed E-state index contributed by atoms with van der Waals surface area (Å²) in [6.07, 6.45) is 0.224. The first-order valence-corrected chi connectivity index (χ1v) is 5.63. The molecule has 0 aliphatic heterocycles. The number of nitrogens with one attached hydrogen (secondary N) is 1. The second-order valence-electron chi connectivity index (χ2n) is 4.17. The van der Waals surface area contributed by atoms with Gasteiger partial charge in [0, 0.05) is 27.1 Å². The zero-order valence-electron chi connectivity index (χ0n) is 10.3. The van der Waals surface area contributed by atoms with Gasteiger partial charge in [0.1, 0.15) is 0 Å². The predicted molar refractivity (Wildman–Crippen MR) is 66.9 cm³/mol. The number of aryl methyl sites for hydroxylation is 1. The van der Waals surface area contributed by atoms with Gasteiger partial charge in [-0.15, -0.1) is 0 Å². The highest BCUT2D eigenvalue weighted by atomic mass is 16.4. The predicted octanol–water partition coefficient (Wildman–Crippen LogP) is 0.577. The molecular formula is C12H15N3O3. The van der Waals surface area contributed by atoms with Crippen LogP contribution in [0.15, 0.2) is 33.5 Å². The topological polar surface area (TPSA) is 67.5 Å². The van der Waals surface area contributed by atoms with E-state index in [4.69, 9.17) is 4.42 Å². The first-order valence-electron chi connectivity index (χ1n) is 5.63. The Bertz CT molecular complexity index is 612. The second kappa shape index (κ2) is 5.05. The molecule has 0 aliphatic rings. The largest absolute Gasteiger partial charge is 0.419 e. The summed E-state index contributed by atoms with van der Waals surface area (Å²) in [6.45, 7) is 0.301. The van der Waals surface area contributed by atoms with Crippen molar-refractivity contribution in [2.75, 3.05) is 14.1 Å². The first kappa shape index (κ1) is 12.4. The average Bonchev–Trinajstić information content (AvgIpc) is 2.61. The third-order valence-electron chi connectivity index (χ3n) is 2.48. The Morgan fingerprint density at radius 3 is 2.83 bits per heavy atom. The maximum atomic E-state index is 11.6. The van der Waals surface area contributed by atoms with E-state index in [1.807, 2.05) is 6.07 Å². The molecule has 0 aliphatic carbocycles. The third-order valence-corrected chi connectivity index (χ3v) is 2.48. The lowest BCUT2D eigenvalue weighted by molar-refractivity contribution is -0.125. The number of hydrogen-bond acceptors (Lipinski definition) is 4. The Labute approximate surface area is 104 Å². The van der Waals surface area contributed by atoms with Crippen LogP contribution in [-0.4, -0.2) is 29.6 Å². The van der Waals surface area contributed by atoms with E-state index in [1.165, 1.54) is 4.57 Å². The molecule has 0 radical (unpaired) electrons. The summed E-state index contributed by atoms with van der Waals surface area (Å²) in [7, 11) is 3.47. The van der Waals surface area contributed by atoms with Crippen molar-refractivity contribution >= 4 is 17.0 Å². The summed E-state index contributed by atoms with van der Waals surface area (Å²) >= 11 is 0. The average molecular weight is 249 g/mol. The zero-order valence-corrected chi connectivity index (χ0v) is 10.3. The van der Waals surface area contributed by atoms with Crippen LogP contribution < -0.4 is 11.2 Å². The summed E-state index contributed by atoms with van der Waals surface area (Å²) in [4.78, 5) is 23.1. The highest BCUT2D eigenvalue weighted by Crippen LogP contribution is 2.11. The van der Waals surface area contributed by atoms with E-state index in [1.54, 1.807) is 37.3 Å². The van der Waals surface area contributed by atoms with Gasteiger partial charge in [0.2, 0.25) is 5.91 Å². The van der Waals surface area contributed by atoms with E-state index in [9.17, 15) is 9.59 Å². The van der Waals surface area contributed by atoms with E-state index in [0.717, 1.165) is 0 Å². The molecule has 0 atom stereocenters. The van der Waals surface area contributed by atoms with E-state index in [0.29, 0.717) is 17.6 Å². The fourth-order valence-corrected chi connectivity index (χ4v) is 1.74. The first-order chi connectivity index (χ1) is 8.58. The van der Waals surface area contributed by atoms with Gasteiger partial charge in [-0.05, 0) is 12.1 Å². The lowest BCUT2D eigenvalue weighted by Crippen LogP contribution is -2.36. The van der Waals surface area contributed by atoms with Crippen molar-refractivity contribution in [3.8, 4) is 0 Å². The van der Waals surface area contributed by atoms with Gasteiger partial charge in [0.05, 0.1) is 5.52 Å². The number of hydrogen-bond donors (Lipinski definition) is 1. The van der Waals surface area contributed by atoms with Crippen LogP contribution in [-0.2, 0) is 11.3 Å². The molecule has 18 heavy (non-hydrogen) atoms. The number of carbonyl (C=O) groups is 1. The third kappa shape index (κ3) is 2.60. The molecular weight excluding hydrogens is 234 g/mol. The molecule has 0 saturated carbocycles. The van der Waals surface area contributed by atoms with Crippen LogP contribution in [0.25, 0.3) is 11.1 Å². The van der Waals surface area contributed by atoms with Gasteiger partial charge in [0.25, 0.3) is 0 Å². The minimum Gasteiger partial charge on any atom is -0.408 e. The molecule has 0 spiro atoms. The van der Waals surface area contributed by atoms with E-state index >= 15 is 0 Å². The maximum absolute atomic E-state index is 11.6. The molecule has 6 nitrogen and oxygen atoms in total. The lowest BCUT2D eigenvalue weighted by Gasteiger charge is -2.11. The van der Waals surface area contributed by atoms with E-state index in [2.05, 4.69) is 5.43 Å². The molecule has 2 aromatic rings. The normalized spacial score (nSPS) is 11.1. The quantitative estimate of drug-likeness (QED) is 0.805. The monoisotopic (exact) mass is 249 g/mol. The fraction of sp³-hybridized carbons (Fsp3) is 0.333. The molecule has 1 aromatic carbocycles. The molecule has 96 valence electrons. The van der Waals surface area contributed by atoms with Crippen LogP contribution in [0.5, 0.6) is 0 Å². The van der Waals surface area contributed by atoms with Crippen molar-refractivity contribution in [2.45, 2.75) is 13.0 Å². The van der Waals surface area contributed by atoms with Gasteiger partial charge in [-0.2, -0.15) is 0 Å². The van der Waals surface area contributed by atoms with Crippen molar-refractivity contribution in [1.82, 2.24) is 15.0 Å². The van der Waals surface area contributed by atoms with Crippen LogP contribution in [0.2, 0.25) is 0 Å². The number of carbonyl (C=O) groups excluding carboxylic acids is 1. The number of oxazole rings is 1. The molecule has 0 unspecified atom stereocenters. The summed E-state index contributed by atoms with van der Waals surface area (Å²) in [6, 6.07) is 7.15. The Morgan fingerprint density at radius 1 is 1.39 bits per heavy atom. The van der Waals surface area contributed by atoms with E-state index in [-0.39, 0.29) is 12.3 Å². The van der Waals surface area contributed by atoms with Crippen molar-refractivity contribution < 1.29 is 9.21 Å².